The molecule has 3 N–H and O–H groups in total. The van der Waals surface area contributed by atoms with Gasteiger partial charge >= 0.3 is 41.7 Å². The number of carboxylic acids is 1. The molecule has 18 atom stereocenters. The Bertz CT molecular complexity index is 1650. The number of carbonyl (C=O) groups excluding carboxylic acids is 4. The van der Waals surface area contributed by atoms with Crippen molar-refractivity contribution in [3.05, 3.63) is 12.2 Å². The number of carboxylic acid groups (broad SMARTS) is 1. The van der Waals surface area contributed by atoms with E-state index in [2.05, 4.69) is 12.2 Å². The molecule has 64 heavy (non-hydrogen) atoms. The molecule has 0 aromatic carbocycles. The molecule has 4 saturated heterocycles. The third-order valence-corrected chi connectivity index (χ3v) is 15.8. The van der Waals surface area contributed by atoms with Gasteiger partial charge in [-0.2, -0.15) is 0 Å². The number of carbonyl (C=O) groups is 4. The zero-order valence-corrected chi connectivity index (χ0v) is 43.1. The van der Waals surface area contributed by atoms with Crippen molar-refractivity contribution in [3.8, 4) is 0 Å². The summed E-state index contributed by atoms with van der Waals surface area (Å²) >= 11 is 0. The van der Waals surface area contributed by atoms with Gasteiger partial charge in [0.15, 0.2) is 5.79 Å². The molecule has 5 rings (SSSR count). The Morgan fingerprint density at radius 2 is 1.58 bits per heavy atom. The van der Waals surface area contributed by atoms with Gasteiger partial charge in [0.05, 0.1) is 42.2 Å². The second-order valence-corrected chi connectivity index (χ2v) is 19.8. The fourth-order valence-corrected chi connectivity index (χ4v) is 11.5. The Balaban J connectivity index is 0.00000898. The number of urea groups is 1. The van der Waals surface area contributed by atoms with Gasteiger partial charge in [-0.1, -0.05) is 55.4 Å². The largest absolute Gasteiger partial charge is 1.00 e. The predicted molar refractivity (Wildman–Crippen MR) is 232 cm³/mol. The zero-order chi connectivity index (χ0) is 46.8. The summed E-state index contributed by atoms with van der Waals surface area (Å²) in [6, 6.07) is -0.515. The molecule has 0 radical (unpaired) electrons. The van der Waals surface area contributed by atoms with Crippen molar-refractivity contribution in [2.75, 3.05) is 13.1 Å². The summed E-state index contributed by atoms with van der Waals surface area (Å²) in [5.74, 6) is -6.71. The van der Waals surface area contributed by atoms with Crippen molar-refractivity contribution >= 4 is 23.9 Å². The van der Waals surface area contributed by atoms with Crippen molar-refractivity contribution in [2.45, 2.75) is 213 Å². The maximum absolute atomic E-state index is 14.6. The molecule has 5 aliphatic rings. The number of hydrogen-bond acceptors (Lipinski definition) is 13. The van der Waals surface area contributed by atoms with E-state index in [1.165, 1.54) is 0 Å². The summed E-state index contributed by atoms with van der Waals surface area (Å²) in [4.78, 5) is 53.4. The van der Waals surface area contributed by atoms with Gasteiger partial charge in [-0.15, -0.1) is 0 Å². The predicted octanol–water partition coefficient (Wildman–Crippen LogP) is 3.05. The average Bonchev–Trinajstić information content (AvgIpc) is 3.59. The van der Waals surface area contributed by atoms with Crippen LogP contribution in [0.2, 0.25) is 0 Å². The Kier molecular flexibility index (Phi) is 19.0. The minimum atomic E-state index is -1.47. The van der Waals surface area contributed by atoms with Crippen LogP contribution >= 0.6 is 0 Å². The van der Waals surface area contributed by atoms with Crippen LogP contribution in [0, 0.1) is 41.4 Å². The van der Waals surface area contributed by atoms with E-state index >= 15 is 0 Å². The topological polar surface area (TPSA) is 202 Å². The van der Waals surface area contributed by atoms with Crippen molar-refractivity contribution in [1.29, 1.82) is 0 Å². The summed E-state index contributed by atoms with van der Waals surface area (Å²) < 4.78 is 40.0. The molecule has 5 aliphatic heterocycles. The first-order valence-electron chi connectivity index (χ1n) is 24.1. The van der Waals surface area contributed by atoms with Gasteiger partial charge in [0.2, 0.25) is 5.79 Å². The Hall–Kier alpha value is -1.66. The number of aliphatic carboxylic acids is 1. The van der Waals surface area contributed by atoms with Crippen LogP contribution in [0.25, 0.3) is 0 Å². The SMILES string of the molecule is CCNC(=O)N(CC)C(=O)O[C@]1(CC)CC[C@H]([C@]2(C)CC[C@@]3(O[C@]4(C=C[C@H]3O)O[C@H]([C@@H](CC)C(=O)[C@@H](C)[C@@H](O)[C@H](C)[C@@H]3O[C@@H]([C@@H](CC)C(=O)[O-])CC[C@@H]3C)[C@@H](C)C[C@H]4C)O2)O[C@H]1C.[Na+]. The van der Waals surface area contributed by atoms with E-state index in [0.29, 0.717) is 64.3 Å². The number of rotatable bonds is 15. The molecule has 0 aromatic heterocycles. The molecule has 0 unspecified atom stereocenters. The van der Waals surface area contributed by atoms with Gasteiger partial charge in [-0.05, 0) is 109 Å². The minimum Gasteiger partial charge on any atom is -0.550 e. The number of nitrogens with zero attached hydrogens (tertiary/aromatic N) is 1. The fraction of sp³-hybridized carbons (Fsp3) is 0.875. The monoisotopic (exact) mass is 915 g/mol. The molecular weight excluding hydrogens is 836 g/mol. The number of aliphatic hydroxyl groups excluding tert-OH is 2. The third kappa shape index (κ3) is 10.8. The van der Waals surface area contributed by atoms with Crippen molar-refractivity contribution < 1.29 is 92.5 Å². The van der Waals surface area contributed by atoms with Gasteiger partial charge in [0.25, 0.3) is 0 Å². The Morgan fingerprint density at radius 3 is 2.16 bits per heavy atom. The number of hydrogen-bond donors (Lipinski definition) is 3. The zero-order valence-electron chi connectivity index (χ0n) is 41.1. The van der Waals surface area contributed by atoms with E-state index in [4.69, 9.17) is 28.4 Å². The normalized spacial score (nSPS) is 39.8. The van der Waals surface area contributed by atoms with Gasteiger partial charge in [-0.3, -0.25) is 4.79 Å². The van der Waals surface area contributed by atoms with E-state index in [-0.39, 0.29) is 59.6 Å². The van der Waals surface area contributed by atoms with E-state index in [9.17, 15) is 34.5 Å². The van der Waals surface area contributed by atoms with Crippen LogP contribution in [0.15, 0.2) is 12.2 Å². The third-order valence-electron chi connectivity index (χ3n) is 15.8. The second-order valence-electron chi connectivity index (χ2n) is 19.8. The maximum atomic E-state index is 14.6. The molecule has 360 valence electrons. The number of aliphatic hydroxyl groups is 2. The Morgan fingerprint density at radius 1 is 0.906 bits per heavy atom. The van der Waals surface area contributed by atoms with Gasteiger partial charge in [0.1, 0.15) is 17.5 Å². The Labute approximate surface area is 404 Å². The molecule has 0 bridgehead atoms. The number of ketones is 1. The van der Waals surface area contributed by atoms with Crippen molar-refractivity contribution in [3.63, 3.8) is 0 Å². The minimum absolute atomic E-state index is 0. The molecule has 0 aliphatic carbocycles. The van der Waals surface area contributed by atoms with Gasteiger partial charge in [0, 0.05) is 55.1 Å². The van der Waals surface area contributed by atoms with Crippen LogP contribution < -0.4 is 40.0 Å². The second kappa shape index (κ2) is 22.2. The molecule has 0 saturated carbocycles. The van der Waals surface area contributed by atoms with E-state index in [1.54, 1.807) is 39.8 Å². The standard InChI is InChI=1S/C48H80N2O13.Na/c1-13-33(42(54)55)35-19-18-27(6)40(59-35)31(10)38(52)30(9)39(53)34(14-2)41-28(7)26-29(8)47(60-41)23-20-36(51)48(63-47)25-24-45(12,62-48)37-21-22-46(15-3,32(11)58-37)61-44(57)50(17-5)43(56)49-16-4;/h20,23,27-38,40-41,51-52H,13-19,21-22,24-26H2,1-12H3,(H,49,56)(H,54,55);/q;+1/p-1/t27-,28-,29+,30-,31-,32-,33+,34-,35+,36+,37+,38+,40+,41-,45-,46+,47-,48-;/m0./s1. The van der Waals surface area contributed by atoms with Crippen LogP contribution in [-0.4, -0.2) is 118 Å². The number of Topliss-reactive ketones (excluding diaryl/α,β-unsaturated/α-hetero) is 1. The van der Waals surface area contributed by atoms with Crippen LogP contribution in [0.3, 0.4) is 0 Å². The molecule has 3 amide bonds. The number of imide groups is 1. The molecule has 0 aromatic rings. The first kappa shape index (κ1) is 54.9. The summed E-state index contributed by atoms with van der Waals surface area (Å²) in [5.41, 5.74) is -1.86. The van der Waals surface area contributed by atoms with Crippen LogP contribution in [0.5, 0.6) is 0 Å². The van der Waals surface area contributed by atoms with Crippen LogP contribution in [0.1, 0.15) is 147 Å². The van der Waals surface area contributed by atoms with Crippen LogP contribution in [-0.2, 0) is 38.0 Å². The number of nitrogens with one attached hydrogen (secondary N) is 1. The number of amides is 3. The molecule has 16 heteroatoms. The van der Waals surface area contributed by atoms with E-state index in [0.717, 1.165) is 11.3 Å². The molecule has 2 spiro atoms. The molecule has 15 nitrogen and oxygen atoms in total. The first-order valence-corrected chi connectivity index (χ1v) is 24.1. The van der Waals surface area contributed by atoms with Crippen molar-refractivity contribution in [2.24, 2.45) is 41.4 Å². The first-order chi connectivity index (χ1) is 29.6. The van der Waals surface area contributed by atoms with E-state index < -0.39 is 107 Å². The average molecular weight is 915 g/mol. The van der Waals surface area contributed by atoms with Gasteiger partial charge < -0.3 is 53.9 Å². The number of ether oxygens (including phenoxy) is 6. The molecular formula is C48H79N2NaO13. The molecule has 4 fully saturated rings. The fourth-order valence-electron chi connectivity index (χ4n) is 11.5. The van der Waals surface area contributed by atoms with Crippen LogP contribution in [0.4, 0.5) is 9.59 Å². The summed E-state index contributed by atoms with van der Waals surface area (Å²) in [7, 11) is 0. The summed E-state index contributed by atoms with van der Waals surface area (Å²) in [6.07, 6.45) is 3.23. The van der Waals surface area contributed by atoms with E-state index in [1.807, 2.05) is 48.5 Å². The summed E-state index contributed by atoms with van der Waals surface area (Å²) in [6.45, 7) is 23.3. The smallest absolute Gasteiger partial charge is 0.550 e. The van der Waals surface area contributed by atoms with Gasteiger partial charge in [-0.25, -0.2) is 14.5 Å². The van der Waals surface area contributed by atoms with Crippen molar-refractivity contribution in [1.82, 2.24) is 10.2 Å². The molecule has 5 heterocycles. The summed E-state index contributed by atoms with van der Waals surface area (Å²) in [5, 5.41) is 38.0. The quantitative estimate of drug-likeness (QED) is 0.160. The maximum Gasteiger partial charge on any atom is 1.00 e.